The van der Waals surface area contributed by atoms with E-state index in [2.05, 4.69) is 4.72 Å². The van der Waals surface area contributed by atoms with Gasteiger partial charge in [-0.2, -0.15) is 0 Å². The molecule has 0 aliphatic carbocycles. The van der Waals surface area contributed by atoms with Gasteiger partial charge in [-0.1, -0.05) is 35.9 Å². The molecule has 0 fully saturated rings. The number of nitrogens with zero attached hydrogens (tertiary/aromatic N) is 1. The van der Waals surface area contributed by atoms with Crippen LogP contribution in [0.4, 0.5) is 4.79 Å². The highest BCUT2D eigenvalue weighted by molar-refractivity contribution is 7.89. The number of ether oxygens (including phenoxy) is 2. The molecule has 0 bridgehead atoms. The number of fused-ring (bicyclic) bond motifs is 1. The number of rotatable bonds is 8. The lowest BCUT2D eigenvalue weighted by molar-refractivity contribution is -0.137. The van der Waals surface area contributed by atoms with Crippen molar-refractivity contribution in [2.45, 2.75) is 51.5 Å². The van der Waals surface area contributed by atoms with E-state index in [4.69, 9.17) is 9.47 Å². The minimum absolute atomic E-state index is 0.0821. The molecule has 1 heterocycles. The van der Waals surface area contributed by atoms with Gasteiger partial charge < -0.3 is 9.47 Å². The third-order valence-corrected chi connectivity index (χ3v) is 6.74. The molecule has 0 spiro atoms. The molecule has 36 heavy (non-hydrogen) atoms. The molecule has 0 unspecified atom stereocenters. The number of hydrogen-bond acceptors (Lipinski definition) is 6. The summed E-state index contributed by atoms with van der Waals surface area (Å²) in [4.78, 5) is 25.4. The Morgan fingerprint density at radius 2 is 1.72 bits per heavy atom. The molecule has 2 aromatic carbocycles. The topological polar surface area (TPSA) is 104 Å². The predicted molar refractivity (Wildman–Crippen MR) is 139 cm³/mol. The van der Waals surface area contributed by atoms with Gasteiger partial charge >= 0.3 is 12.1 Å². The Balaban J connectivity index is 2.01. The van der Waals surface area contributed by atoms with Crippen LogP contribution in [0.1, 0.15) is 44.5 Å². The molecule has 0 saturated heterocycles. The number of carbonyl (C=O) groups is 2. The van der Waals surface area contributed by atoms with Crippen molar-refractivity contribution < 1.29 is 27.5 Å². The van der Waals surface area contributed by atoms with E-state index in [1.54, 1.807) is 64.1 Å². The fraction of sp³-hybridized carbons (Fsp3) is 0.333. The van der Waals surface area contributed by atoms with Crippen molar-refractivity contribution in [3.05, 3.63) is 71.4 Å². The molecule has 0 aliphatic heterocycles. The van der Waals surface area contributed by atoms with Gasteiger partial charge in [-0.15, -0.1) is 0 Å². The van der Waals surface area contributed by atoms with Gasteiger partial charge in [0.25, 0.3) is 0 Å². The highest BCUT2D eigenvalue weighted by Gasteiger charge is 2.25. The van der Waals surface area contributed by atoms with Crippen LogP contribution in [-0.2, 0) is 30.7 Å². The molecule has 9 heteroatoms. The second-order valence-electron chi connectivity index (χ2n) is 9.24. The first kappa shape index (κ1) is 27.2. The monoisotopic (exact) mass is 512 g/mol. The highest BCUT2D eigenvalue weighted by Crippen LogP contribution is 2.29. The lowest BCUT2D eigenvalue weighted by Gasteiger charge is -2.20. The molecule has 1 aromatic heterocycles. The van der Waals surface area contributed by atoms with E-state index in [-0.39, 0.29) is 24.5 Å². The van der Waals surface area contributed by atoms with Crippen LogP contribution in [0.25, 0.3) is 17.0 Å². The Bertz CT molecular complexity index is 1380. The summed E-state index contributed by atoms with van der Waals surface area (Å²) in [5, 5.41) is 0.751. The van der Waals surface area contributed by atoms with Crippen LogP contribution in [0.3, 0.4) is 0 Å². The minimum atomic E-state index is -3.72. The lowest BCUT2D eigenvalue weighted by atomic mass is 10.1. The van der Waals surface area contributed by atoms with Crippen LogP contribution >= 0.6 is 0 Å². The summed E-state index contributed by atoms with van der Waals surface area (Å²) >= 11 is 0. The Morgan fingerprint density at radius 3 is 2.36 bits per heavy atom. The number of esters is 1. The van der Waals surface area contributed by atoms with E-state index < -0.39 is 27.7 Å². The van der Waals surface area contributed by atoms with Crippen LogP contribution in [0.2, 0.25) is 0 Å². The van der Waals surface area contributed by atoms with E-state index in [0.29, 0.717) is 16.8 Å². The summed E-state index contributed by atoms with van der Waals surface area (Å²) in [6, 6.07) is 13.8. The lowest BCUT2D eigenvalue weighted by Crippen LogP contribution is -2.28. The minimum Gasteiger partial charge on any atom is -0.463 e. The molecule has 3 aromatic rings. The van der Waals surface area contributed by atoms with Gasteiger partial charge in [0.1, 0.15) is 5.60 Å². The van der Waals surface area contributed by atoms with Gasteiger partial charge in [-0.3, -0.25) is 0 Å². The maximum atomic E-state index is 13.2. The van der Waals surface area contributed by atoms with Gasteiger partial charge in [0.15, 0.2) is 0 Å². The summed E-state index contributed by atoms with van der Waals surface area (Å²) in [6.45, 7) is 9.19. The van der Waals surface area contributed by atoms with Crippen molar-refractivity contribution in [2.24, 2.45) is 0 Å². The number of hydrogen-bond donors (Lipinski definition) is 1. The second kappa shape index (κ2) is 11.1. The average Bonchev–Trinajstić information content (AvgIpc) is 3.10. The van der Waals surface area contributed by atoms with Gasteiger partial charge in [0, 0.05) is 18.0 Å². The first-order chi connectivity index (χ1) is 16.9. The van der Waals surface area contributed by atoms with E-state index in [1.165, 1.54) is 16.7 Å². The molecule has 0 amide bonds. The molecular formula is C27H32N2O6S. The fourth-order valence-electron chi connectivity index (χ4n) is 3.72. The molecule has 8 nitrogen and oxygen atoms in total. The first-order valence-corrected chi connectivity index (χ1v) is 13.2. The Kier molecular flexibility index (Phi) is 8.37. The highest BCUT2D eigenvalue weighted by atomic mass is 32.2. The van der Waals surface area contributed by atoms with E-state index >= 15 is 0 Å². The molecule has 0 radical (unpaired) electrons. The third kappa shape index (κ3) is 6.61. The van der Waals surface area contributed by atoms with Crippen molar-refractivity contribution in [2.75, 3.05) is 13.2 Å². The predicted octanol–water partition coefficient (Wildman–Crippen LogP) is 4.83. The van der Waals surface area contributed by atoms with Crippen LogP contribution < -0.4 is 4.72 Å². The zero-order chi connectivity index (χ0) is 26.5. The largest absolute Gasteiger partial charge is 0.463 e. The zero-order valence-corrected chi connectivity index (χ0v) is 22.0. The van der Waals surface area contributed by atoms with Crippen molar-refractivity contribution in [1.29, 1.82) is 0 Å². The third-order valence-electron chi connectivity index (χ3n) is 5.26. The van der Waals surface area contributed by atoms with Crippen molar-refractivity contribution in [3.63, 3.8) is 0 Å². The Labute approximate surface area is 212 Å². The summed E-state index contributed by atoms with van der Waals surface area (Å²) in [7, 11) is -3.72. The quantitative estimate of drug-likeness (QED) is 0.343. The van der Waals surface area contributed by atoms with Crippen LogP contribution in [0.5, 0.6) is 0 Å². The Morgan fingerprint density at radius 1 is 1.06 bits per heavy atom. The van der Waals surface area contributed by atoms with Crippen LogP contribution in [0, 0.1) is 6.92 Å². The smallest absolute Gasteiger partial charge is 0.419 e. The number of nitrogens with one attached hydrogen (secondary N) is 1. The SMILES string of the molecule is CCOC(=O)/C=C/c1c(CCNS(=O)(=O)c2ccc(C)cc2)c2ccccc2n1C(=O)OC(C)(C)C. The molecule has 0 atom stereocenters. The molecule has 1 N–H and O–H groups in total. The standard InChI is InChI=1S/C27H32N2O6S/c1-6-34-25(30)16-15-24-22(17-18-28-36(32,33)20-13-11-19(2)12-14-20)21-9-7-8-10-23(21)29(24)26(31)35-27(3,4)5/h7-16,28H,6,17-18H2,1-5H3/b16-15+. The van der Waals surface area contributed by atoms with E-state index in [9.17, 15) is 18.0 Å². The zero-order valence-electron chi connectivity index (χ0n) is 21.2. The van der Waals surface area contributed by atoms with Gasteiger partial charge in [-0.25, -0.2) is 27.3 Å². The summed E-state index contributed by atoms with van der Waals surface area (Å²) < 4.78 is 40.2. The second-order valence-corrected chi connectivity index (χ2v) is 11.0. The van der Waals surface area contributed by atoms with E-state index in [1.807, 2.05) is 19.1 Å². The molecule has 3 rings (SSSR count). The van der Waals surface area contributed by atoms with Crippen molar-refractivity contribution in [3.8, 4) is 0 Å². The normalized spacial score (nSPS) is 12.2. The number of benzene rings is 2. The molecule has 192 valence electrons. The number of carbonyl (C=O) groups excluding carboxylic acids is 2. The average molecular weight is 513 g/mol. The molecule has 0 saturated carbocycles. The van der Waals surface area contributed by atoms with Gasteiger partial charge in [-0.05, 0) is 70.9 Å². The van der Waals surface area contributed by atoms with Crippen LogP contribution in [0.15, 0.2) is 59.5 Å². The van der Waals surface area contributed by atoms with Crippen molar-refractivity contribution in [1.82, 2.24) is 9.29 Å². The maximum Gasteiger partial charge on any atom is 0.419 e. The fourth-order valence-corrected chi connectivity index (χ4v) is 4.75. The molecular weight excluding hydrogens is 480 g/mol. The number of sulfonamides is 1. The summed E-state index contributed by atoms with van der Waals surface area (Å²) in [5.41, 5.74) is 1.93. The first-order valence-electron chi connectivity index (χ1n) is 11.7. The summed E-state index contributed by atoms with van der Waals surface area (Å²) in [5.74, 6) is -0.551. The van der Waals surface area contributed by atoms with Crippen LogP contribution in [-0.4, -0.2) is 43.8 Å². The van der Waals surface area contributed by atoms with Crippen molar-refractivity contribution >= 4 is 39.1 Å². The summed E-state index contributed by atoms with van der Waals surface area (Å²) in [6.07, 6.45) is 2.42. The number of para-hydroxylation sites is 1. The van der Waals surface area contributed by atoms with Gasteiger partial charge in [0.05, 0.1) is 22.7 Å². The van der Waals surface area contributed by atoms with Gasteiger partial charge in [0.2, 0.25) is 10.0 Å². The molecule has 0 aliphatic rings. The maximum absolute atomic E-state index is 13.2. The number of aromatic nitrogens is 1. The number of aryl methyl sites for hydroxylation is 1. The van der Waals surface area contributed by atoms with E-state index in [0.717, 1.165) is 10.9 Å². The Hall–Kier alpha value is -3.43.